The first-order chi connectivity index (χ1) is 23.5. The lowest BCUT2D eigenvalue weighted by Gasteiger charge is -2.44. The van der Waals surface area contributed by atoms with Crippen LogP contribution in [0.3, 0.4) is 0 Å². The van der Waals surface area contributed by atoms with Gasteiger partial charge in [-0.1, -0.05) is 72.7 Å². The molecule has 4 amide bonds. The van der Waals surface area contributed by atoms with E-state index in [-0.39, 0.29) is 24.0 Å². The number of nitrogens with zero attached hydrogens (tertiary/aromatic N) is 2. The number of hydrogen-bond acceptors (Lipinski definition) is 6. The number of urea groups is 1. The predicted octanol–water partition coefficient (Wildman–Crippen LogP) is 6.64. The Labute approximate surface area is 280 Å². The number of anilines is 2. The minimum absolute atomic E-state index is 0.0647. The lowest BCUT2D eigenvalue weighted by Crippen LogP contribution is -2.54. The van der Waals surface area contributed by atoms with Gasteiger partial charge in [-0.25, -0.2) is 9.69 Å². The van der Waals surface area contributed by atoms with Crippen molar-refractivity contribution in [2.75, 3.05) is 36.1 Å². The number of rotatable bonds is 8. The number of terminal acetylenes is 1. The zero-order valence-corrected chi connectivity index (χ0v) is 26.6. The quantitative estimate of drug-likeness (QED) is 0.132. The molecule has 0 radical (unpaired) electrons. The van der Waals surface area contributed by atoms with E-state index in [2.05, 4.69) is 40.4 Å². The minimum atomic E-state index is -0.779. The fraction of sp³-hybridized carbons (Fsp3) is 0.225. The second-order valence-corrected chi connectivity index (χ2v) is 12.1. The summed E-state index contributed by atoms with van der Waals surface area (Å²) in [5, 5.41) is 2.40. The van der Waals surface area contributed by atoms with Gasteiger partial charge in [0.05, 0.1) is 12.3 Å². The molecule has 0 bridgehead atoms. The van der Waals surface area contributed by atoms with Gasteiger partial charge in [0.1, 0.15) is 12.2 Å². The van der Waals surface area contributed by atoms with E-state index in [0.29, 0.717) is 29.4 Å². The third kappa shape index (κ3) is 5.69. The topological polar surface area (TPSA) is 88.2 Å². The highest BCUT2D eigenvalue weighted by molar-refractivity contribution is 6.39. The maximum atomic E-state index is 14.2. The summed E-state index contributed by atoms with van der Waals surface area (Å²) in [6, 6.07) is 28.9. The van der Waals surface area contributed by atoms with Gasteiger partial charge in [-0.05, 0) is 77.9 Å². The van der Waals surface area contributed by atoms with Crippen LogP contribution in [0.15, 0.2) is 96.6 Å². The molecule has 3 aliphatic rings. The summed E-state index contributed by atoms with van der Waals surface area (Å²) < 4.78 is 11.3. The van der Waals surface area contributed by atoms with Crippen LogP contribution in [0, 0.1) is 12.3 Å². The van der Waals surface area contributed by atoms with Gasteiger partial charge in [0, 0.05) is 30.6 Å². The Bertz CT molecular complexity index is 1890. The summed E-state index contributed by atoms with van der Waals surface area (Å²) in [5.41, 5.74) is 6.49. The molecule has 48 heavy (non-hydrogen) atoms. The highest BCUT2D eigenvalue weighted by Crippen LogP contribution is 2.50. The van der Waals surface area contributed by atoms with Gasteiger partial charge in [0.2, 0.25) is 0 Å². The number of carbonyl (C=O) groups excluding carboxylic acids is 3. The molecule has 0 aromatic heterocycles. The Morgan fingerprint density at radius 3 is 2.04 bits per heavy atom. The van der Waals surface area contributed by atoms with Crippen molar-refractivity contribution in [1.82, 2.24) is 5.32 Å². The second-order valence-electron chi connectivity index (χ2n) is 12.1. The van der Waals surface area contributed by atoms with Crippen LogP contribution in [-0.2, 0) is 9.59 Å². The number of barbiturate groups is 1. The molecule has 8 nitrogen and oxygen atoms in total. The van der Waals surface area contributed by atoms with Crippen LogP contribution in [0.1, 0.15) is 59.4 Å². The van der Waals surface area contributed by atoms with Crippen LogP contribution in [0.2, 0.25) is 0 Å². The maximum Gasteiger partial charge on any atom is 0.335 e. The average Bonchev–Trinajstić information content (AvgIpc) is 3.11. The summed E-state index contributed by atoms with van der Waals surface area (Å²) in [6.07, 6.45) is 8.63. The van der Waals surface area contributed by atoms with E-state index in [1.54, 1.807) is 18.2 Å². The molecule has 1 fully saturated rings. The Morgan fingerprint density at radius 2 is 1.46 bits per heavy atom. The van der Waals surface area contributed by atoms with Gasteiger partial charge in [0.15, 0.2) is 11.5 Å². The van der Waals surface area contributed by atoms with Crippen molar-refractivity contribution in [1.29, 1.82) is 0 Å². The summed E-state index contributed by atoms with van der Waals surface area (Å²) in [7, 11) is 0. The van der Waals surface area contributed by atoms with Crippen LogP contribution >= 0.6 is 0 Å². The first kappa shape index (κ1) is 30.8. The fourth-order valence-corrected chi connectivity index (χ4v) is 7.15. The summed E-state index contributed by atoms with van der Waals surface area (Å²) in [6.45, 7) is 4.12. The molecule has 0 unspecified atom stereocenters. The van der Waals surface area contributed by atoms with Crippen molar-refractivity contribution in [3.63, 3.8) is 0 Å². The smallest absolute Gasteiger partial charge is 0.335 e. The van der Waals surface area contributed by atoms with Crippen LogP contribution < -0.4 is 24.6 Å². The van der Waals surface area contributed by atoms with Crippen LogP contribution in [0.25, 0.3) is 6.08 Å². The standard InChI is InChI=1S/C40H35N3O5/c1-3-21-48-35-16-15-26(23-36(35)47-4-2)22-34-38(44)41-40(46)43(39(34)45)29-24-32-30(27-11-7-5-8-12-27)17-19-42-20-18-31(33(25-29)37(32)42)28-13-9-6-10-14-28/h1,5-16,22-25,30-31H,4,17-21H2,2H3,(H,41,44,46)/b34-22+/t30-,31+. The third-order valence-corrected chi connectivity index (χ3v) is 9.25. The molecule has 1 N–H and O–H groups in total. The molecule has 0 spiro atoms. The highest BCUT2D eigenvalue weighted by Gasteiger charge is 2.40. The van der Waals surface area contributed by atoms with E-state index in [1.807, 2.05) is 55.5 Å². The fourth-order valence-electron chi connectivity index (χ4n) is 7.15. The Hall–Kier alpha value is -5.81. The molecule has 4 aromatic carbocycles. The van der Waals surface area contributed by atoms with E-state index in [0.717, 1.165) is 42.0 Å². The summed E-state index contributed by atoms with van der Waals surface area (Å²) in [5.74, 6) is 2.01. The SMILES string of the molecule is C#CCOc1ccc(/C=C2\C(=O)NC(=O)N(c3cc4c5c(c3)[C@H](c3ccccc3)CCN5CC[C@@H]4c3ccccc3)C2=O)cc1OCC. The molecule has 4 aromatic rings. The number of nitrogens with one attached hydrogen (secondary N) is 1. The summed E-state index contributed by atoms with van der Waals surface area (Å²) in [4.78, 5) is 44.4. The minimum Gasteiger partial charge on any atom is -0.490 e. The first-order valence-corrected chi connectivity index (χ1v) is 16.2. The van der Waals surface area contributed by atoms with E-state index in [4.69, 9.17) is 15.9 Å². The molecule has 2 atom stereocenters. The van der Waals surface area contributed by atoms with Crippen molar-refractivity contribution in [2.24, 2.45) is 0 Å². The van der Waals surface area contributed by atoms with Gasteiger partial charge >= 0.3 is 6.03 Å². The number of imide groups is 2. The Balaban J connectivity index is 1.34. The molecule has 1 saturated heterocycles. The van der Waals surface area contributed by atoms with Crippen molar-refractivity contribution in [2.45, 2.75) is 31.6 Å². The Morgan fingerprint density at radius 1 is 0.833 bits per heavy atom. The van der Waals surface area contributed by atoms with Gasteiger partial charge in [-0.2, -0.15) is 0 Å². The van der Waals surface area contributed by atoms with Crippen LogP contribution in [-0.4, -0.2) is 44.1 Å². The van der Waals surface area contributed by atoms with E-state index in [9.17, 15) is 14.4 Å². The number of ether oxygens (including phenoxy) is 2. The highest BCUT2D eigenvalue weighted by atomic mass is 16.5. The zero-order chi connectivity index (χ0) is 33.2. The molecule has 8 heteroatoms. The molecule has 0 aliphatic carbocycles. The van der Waals surface area contributed by atoms with Crippen molar-refractivity contribution in [3.05, 3.63) is 124 Å². The molecule has 0 saturated carbocycles. The average molecular weight is 638 g/mol. The number of carbonyl (C=O) groups is 3. The van der Waals surface area contributed by atoms with Crippen molar-refractivity contribution in [3.8, 4) is 23.8 Å². The first-order valence-electron chi connectivity index (χ1n) is 16.2. The van der Waals surface area contributed by atoms with Crippen LogP contribution in [0.5, 0.6) is 11.5 Å². The molecular formula is C40H35N3O5. The molecular weight excluding hydrogens is 602 g/mol. The van der Waals surface area contributed by atoms with Gasteiger partial charge < -0.3 is 14.4 Å². The van der Waals surface area contributed by atoms with Crippen molar-refractivity contribution >= 4 is 35.3 Å². The van der Waals surface area contributed by atoms with E-state index >= 15 is 0 Å². The van der Waals surface area contributed by atoms with Crippen molar-refractivity contribution < 1.29 is 23.9 Å². The number of hydrogen-bond donors (Lipinski definition) is 1. The third-order valence-electron chi connectivity index (χ3n) is 9.25. The summed E-state index contributed by atoms with van der Waals surface area (Å²) >= 11 is 0. The normalized spacial score (nSPS) is 19.4. The van der Waals surface area contributed by atoms with E-state index in [1.165, 1.54) is 22.9 Å². The predicted molar refractivity (Wildman–Crippen MR) is 185 cm³/mol. The Kier molecular flexibility index (Phi) is 8.43. The number of amides is 4. The molecule has 3 heterocycles. The molecule has 3 aliphatic heterocycles. The second kappa shape index (κ2) is 13.1. The lowest BCUT2D eigenvalue weighted by molar-refractivity contribution is -0.122. The largest absolute Gasteiger partial charge is 0.490 e. The maximum absolute atomic E-state index is 14.2. The zero-order valence-electron chi connectivity index (χ0n) is 26.6. The van der Waals surface area contributed by atoms with Gasteiger partial charge in [-0.15, -0.1) is 6.42 Å². The number of benzene rings is 4. The lowest BCUT2D eigenvalue weighted by atomic mass is 9.76. The van der Waals surface area contributed by atoms with E-state index < -0.39 is 17.8 Å². The van der Waals surface area contributed by atoms with Gasteiger partial charge in [-0.3, -0.25) is 14.9 Å². The monoisotopic (exact) mass is 637 g/mol. The van der Waals surface area contributed by atoms with Gasteiger partial charge in [0.25, 0.3) is 11.8 Å². The van der Waals surface area contributed by atoms with Crippen LogP contribution in [0.4, 0.5) is 16.2 Å². The molecule has 7 rings (SSSR count). The molecule has 240 valence electrons.